The predicted molar refractivity (Wildman–Crippen MR) is 142 cm³/mol. The van der Waals surface area contributed by atoms with Crippen LogP contribution in [-0.2, 0) is 37.2 Å². The van der Waals surface area contributed by atoms with Crippen molar-refractivity contribution in [1.82, 2.24) is 9.88 Å². The largest absolute Gasteiger partial charge is 0.486 e. The molecule has 0 atom stereocenters. The summed E-state index contributed by atoms with van der Waals surface area (Å²) in [4.78, 5) is 31.2. The van der Waals surface area contributed by atoms with Gasteiger partial charge in [-0.3, -0.25) is 4.79 Å². The van der Waals surface area contributed by atoms with Gasteiger partial charge in [0.15, 0.2) is 5.89 Å². The minimum absolute atomic E-state index is 0.0859. The van der Waals surface area contributed by atoms with Gasteiger partial charge in [-0.05, 0) is 78.8 Å². The lowest BCUT2D eigenvalue weighted by molar-refractivity contribution is -0.126. The molecule has 2 aliphatic rings. The first-order valence-electron chi connectivity index (χ1n) is 13.0. The maximum atomic E-state index is 12.7. The molecule has 0 fully saturated rings. The van der Waals surface area contributed by atoms with E-state index in [1.807, 2.05) is 19.1 Å². The van der Waals surface area contributed by atoms with E-state index in [4.69, 9.17) is 18.6 Å². The number of carbonyl (C=O) groups is 2. The molecule has 8 heteroatoms. The molecule has 0 spiro atoms. The standard InChI is InChI=1S/C31H28N2O6/c1-19-27(32-30(39-19)23-13-20-5-2-3-6-21(20)14-23)18-38-28-16-24-17-33(11-10-22(24)15-26(28)31(35)36)29(34)9-8-25-7-4-12-37-25/h2-9,12,15-16,23H,10-11,13-14,17-18H2,1H3,(H,35,36)/b9-8+. The van der Waals surface area contributed by atoms with Crippen LogP contribution in [0.2, 0.25) is 0 Å². The molecule has 198 valence electrons. The molecule has 1 aliphatic carbocycles. The summed E-state index contributed by atoms with van der Waals surface area (Å²) >= 11 is 0. The number of amides is 1. The van der Waals surface area contributed by atoms with Gasteiger partial charge in [0.2, 0.25) is 5.91 Å². The minimum atomic E-state index is -1.06. The fourth-order valence-corrected chi connectivity index (χ4v) is 5.34. The number of benzene rings is 2. The monoisotopic (exact) mass is 524 g/mol. The lowest BCUT2D eigenvalue weighted by Crippen LogP contribution is -2.35. The van der Waals surface area contributed by atoms with E-state index in [9.17, 15) is 14.7 Å². The fraction of sp³-hybridized carbons (Fsp3) is 0.258. The van der Waals surface area contributed by atoms with Crippen molar-refractivity contribution >= 4 is 18.0 Å². The Hall–Kier alpha value is -4.59. The number of aromatic nitrogens is 1. The highest BCUT2D eigenvalue weighted by Crippen LogP contribution is 2.35. The number of hydrogen-bond donors (Lipinski definition) is 1. The van der Waals surface area contributed by atoms with E-state index in [2.05, 4.69) is 12.1 Å². The molecule has 4 aromatic rings. The first-order valence-corrected chi connectivity index (χ1v) is 13.0. The summed E-state index contributed by atoms with van der Waals surface area (Å²) in [6.45, 7) is 2.80. The van der Waals surface area contributed by atoms with Crippen molar-refractivity contribution in [3.05, 3.63) is 112 Å². The van der Waals surface area contributed by atoms with E-state index < -0.39 is 5.97 Å². The van der Waals surface area contributed by atoms with Gasteiger partial charge in [-0.1, -0.05) is 24.3 Å². The third kappa shape index (κ3) is 5.10. The Morgan fingerprint density at radius 2 is 1.90 bits per heavy atom. The highest BCUT2D eigenvalue weighted by Gasteiger charge is 2.28. The Bertz CT molecular complexity index is 1540. The van der Waals surface area contributed by atoms with Crippen LogP contribution in [0.15, 0.2) is 69.7 Å². The zero-order chi connectivity index (χ0) is 26.9. The SMILES string of the molecule is Cc1oc(C2Cc3ccccc3C2)nc1COc1cc2c(cc1C(=O)O)CCN(C(=O)/C=C/c1ccco1)C2. The number of hydrogen-bond acceptors (Lipinski definition) is 6. The molecule has 1 aliphatic heterocycles. The third-order valence-electron chi connectivity index (χ3n) is 7.46. The predicted octanol–water partition coefficient (Wildman–Crippen LogP) is 5.33. The fourth-order valence-electron chi connectivity index (χ4n) is 5.34. The van der Waals surface area contributed by atoms with E-state index in [-0.39, 0.29) is 29.7 Å². The molecule has 1 N–H and O–H groups in total. The van der Waals surface area contributed by atoms with E-state index in [0.29, 0.717) is 42.6 Å². The third-order valence-corrected chi connectivity index (χ3v) is 7.46. The van der Waals surface area contributed by atoms with Crippen LogP contribution in [0.25, 0.3) is 6.08 Å². The molecule has 0 saturated carbocycles. The molecule has 39 heavy (non-hydrogen) atoms. The molecule has 8 nitrogen and oxygen atoms in total. The van der Waals surface area contributed by atoms with Crippen LogP contribution in [-0.4, -0.2) is 33.4 Å². The second-order valence-electron chi connectivity index (χ2n) is 10.00. The van der Waals surface area contributed by atoms with Gasteiger partial charge < -0.3 is 23.6 Å². The van der Waals surface area contributed by atoms with Gasteiger partial charge in [-0.15, -0.1) is 0 Å². The van der Waals surface area contributed by atoms with Crippen LogP contribution in [0.3, 0.4) is 0 Å². The zero-order valence-corrected chi connectivity index (χ0v) is 21.6. The lowest BCUT2D eigenvalue weighted by Gasteiger charge is -2.29. The van der Waals surface area contributed by atoms with E-state index in [1.54, 1.807) is 41.5 Å². The molecule has 0 radical (unpaired) electrons. The maximum Gasteiger partial charge on any atom is 0.339 e. The Morgan fingerprint density at radius 1 is 1.10 bits per heavy atom. The molecule has 6 rings (SSSR count). The van der Waals surface area contributed by atoms with Gasteiger partial charge in [-0.25, -0.2) is 9.78 Å². The summed E-state index contributed by atoms with van der Waals surface area (Å²) < 4.78 is 17.3. The van der Waals surface area contributed by atoms with Crippen LogP contribution in [0.5, 0.6) is 5.75 Å². The smallest absolute Gasteiger partial charge is 0.339 e. The number of carboxylic acid groups (broad SMARTS) is 1. The first kappa shape index (κ1) is 24.7. The average Bonchev–Trinajstić information content (AvgIpc) is 3.69. The Kier molecular flexibility index (Phi) is 6.52. The first-order chi connectivity index (χ1) is 18.9. The van der Waals surface area contributed by atoms with Crippen molar-refractivity contribution in [2.75, 3.05) is 6.54 Å². The second-order valence-corrected chi connectivity index (χ2v) is 10.00. The summed E-state index contributed by atoms with van der Waals surface area (Å²) in [5, 5.41) is 9.86. The average molecular weight is 525 g/mol. The summed E-state index contributed by atoms with van der Waals surface area (Å²) in [5.74, 6) is 1.18. The molecule has 0 bridgehead atoms. The molecule has 2 aromatic carbocycles. The Morgan fingerprint density at radius 3 is 2.62 bits per heavy atom. The van der Waals surface area contributed by atoms with E-state index in [1.165, 1.54) is 17.2 Å². The van der Waals surface area contributed by atoms with Crippen LogP contribution in [0.4, 0.5) is 0 Å². The maximum absolute atomic E-state index is 12.7. The van der Waals surface area contributed by atoms with Gasteiger partial charge in [-0.2, -0.15) is 0 Å². The van der Waals surface area contributed by atoms with Crippen LogP contribution >= 0.6 is 0 Å². The Labute approximate surface area is 225 Å². The normalized spacial score (nSPS) is 14.9. The lowest BCUT2D eigenvalue weighted by atomic mass is 9.96. The van der Waals surface area contributed by atoms with Crippen molar-refractivity contribution < 1.29 is 28.3 Å². The van der Waals surface area contributed by atoms with Gasteiger partial charge in [0.25, 0.3) is 0 Å². The number of aromatic carboxylic acids is 1. The van der Waals surface area contributed by atoms with Crippen molar-refractivity contribution in [3.8, 4) is 5.75 Å². The van der Waals surface area contributed by atoms with Gasteiger partial charge in [0, 0.05) is 25.1 Å². The van der Waals surface area contributed by atoms with E-state index >= 15 is 0 Å². The minimum Gasteiger partial charge on any atom is -0.486 e. The summed E-state index contributed by atoms with van der Waals surface area (Å²) in [7, 11) is 0. The van der Waals surface area contributed by atoms with Gasteiger partial charge in [0.1, 0.15) is 35.1 Å². The van der Waals surface area contributed by atoms with Crippen molar-refractivity contribution in [2.24, 2.45) is 0 Å². The molecule has 0 unspecified atom stereocenters. The van der Waals surface area contributed by atoms with Crippen molar-refractivity contribution in [3.63, 3.8) is 0 Å². The number of oxazole rings is 1. The molecule has 1 amide bonds. The number of carbonyl (C=O) groups excluding carboxylic acids is 1. The zero-order valence-electron chi connectivity index (χ0n) is 21.6. The van der Waals surface area contributed by atoms with Crippen molar-refractivity contribution in [1.29, 1.82) is 0 Å². The van der Waals surface area contributed by atoms with Crippen LogP contribution in [0, 0.1) is 6.92 Å². The van der Waals surface area contributed by atoms with Gasteiger partial charge >= 0.3 is 5.97 Å². The van der Waals surface area contributed by atoms with Crippen molar-refractivity contribution in [2.45, 2.75) is 45.3 Å². The number of rotatable bonds is 7. The molecule has 3 heterocycles. The molecular weight excluding hydrogens is 496 g/mol. The van der Waals surface area contributed by atoms with Crippen LogP contribution in [0.1, 0.15) is 61.6 Å². The summed E-state index contributed by atoms with van der Waals surface area (Å²) in [5.41, 5.74) is 5.15. The molecule has 0 saturated heterocycles. The summed E-state index contributed by atoms with van der Waals surface area (Å²) in [6.07, 6.45) is 7.01. The second kappa shape index (κ2) is 10.3. The topological polar surface area (TPSA) is 106 Å². The number of furan rings is 1. The highest BCUT2D eigenvalue weighted by molar-refractivity contribution is 5.92. The van der Waals surface area contributed by atoms with Crippen LogP contribution < -0.4 is 4.74 Å². The Balaban J connectivity index is 1.17. The quantitative estimate of drug-likeness (QED) is 0.326. The number of aryl methyl sites for hydroxylation is 1. The number of nitrogens with zero attached hydrogens (tertiary/aromatic N) is 2. The molecule has 2 aromatic heterocycles. The number of fused-ring (bicyclic) bond motifs is 2. The summed E-state index contributed by atoms with van der Waals surface area (Å²) in [6, 6.07) is 15.3. The number of carboxylic acids is 1. The van der Waals surface area contributed by atoms with E-state index in [0.717, 1.165) is 24.0 Å². The molecular formula is C31H28N2O6. The number of ether oxygens (including phenoxy) is 1. The highest BCUT2D eigenvalue weighted by atomic mass is 16.5. The van der Waals surface area contributed by atoms with Gasteiger partial charge in [0.05, 0.1) is 6.26 Å².